The fraction of sp³-hybridized carbons (Fsp3) is 0.263. The van der Waals surface area contributed by atoms with Gasteiger partial charge in [-0.1, -0.05) is 0 Å². The van der Waals surface area contributed by atoms with Crippen molar-refractivity contribution in [3.05, 3.63) is 54.2 Å². The summed E-state index contributed by atoms with van der Waals surface area (Å²) in [5.41, 5.74) is 4.96. The molecule has 1 atom stereocenters. The molecule has 2 aromatic carbocycles. The Morgan fingerprint density at radius 1 is 1.09 bits per heavy atom. The van der Waals surface area contributed by atoms with Crippen molar-refractivity contribution in [3.8, 4) is 5.75 Å². The van der Waals surface area contributed by atoms with E-state index in [1.807, 2.05) is 23.9 Å². The van der Waals surface area contributed by atoms with Crippen LogP contribution in [0.1, 0.15) is 12.0 Å². The molecule has 0 fully saturated rings. The second kappa shape index (κ2) is 7.99. The fourth-order valence-electron chi connectivity index (χ4n) is 2.76. The van der Waals surface area contributed by atoms with E-state index in [1.54, 1.807) is 7.11 Å². The summed E-state index contributed by atoms with van der Waals surface area (Å²) in [4.78, 5) is 5.95. The molecule has 0 spiro atoms. The van der Waals surface area contributed by atoms with Crippen molar-refractivity contribution in [2.24, 2.45) is 0 Å². The molecule has 0 aliphatic carbocycles. The Morgan fingerprint density at radius 2 is 1.96 bits per heavy atom. The molecule has 0 amide bonds. The molecule has 2 nitrogen and oxygen atoms in total. The monoisotopic (exact) mass is 387 g/mol. The molecular weight excluding hydrogens is 365 g/mol. The van der Waals surface area contributed by atoms with E-state index in [0.29, 0.717) is 0 Å². The number of hydrogen-bond acceptors (Lipinski definition) is 2. The first-order valence-corrected chi connectivity index (χ1v) is 12.3. The minimum absolute atomic E-state index is 0.281. The topological polar surface area (TPSA) is 25.0 Å². The van der Waals surface area contributed by atoms with Gasteiger partial charge in [0.25, 0.3) is 0 Å². The molecule has 0 saturated carbocycles. The van der Waals surface area contributed by atoms with Gasteiger partial charge in [0.05, 0.1) is 0 Å². The third kappa shape index (κ3) is 3.79. The van der Waals surface area contributed by atoms with Gasteiger partial charge in [0, 0.05) is 0 Å². The predicted molar refractivity (Wildman–Crippen MR) is 102 cm³/mol. The normalized spacial score (nSPS) is 11.6. The number of benzene rings is 2. The number of aromatic amines is 1. The quantitative estimate of drug-likeness (QED) is 0.447. The molecule has 0 saturated heterocycles. The summed E-state index contributed by atoms with van der Waals surface area (Å²) in [7, 11) is 1.73. The molecule has 0 radical (unpaired) electrons. The van der Waals surface area contributed by atoms with Crippen molar-refractivity contribution in [2.75, 3.05) is 7.11 Å². The van der Waals surface area contributed by atoms with Gasteiger partial charge in [0.1, 0.15) is 0 Å². The molecule has 0 bridgehead atoms. The van der Waals surface area contributed by atoms with Crippen molar-refractivity contribution in [3.63, 3.8) is 0 Å². The second-order valence-electron chi connectivity index (χ2n) is 5.45. The zero-order valence-corrected chi connectivity index (χ0v) is 16.5. The number of H-pyrrole nitrogens is 1. The number of aromatic nitrogens is 1. The van der Waals surface area contributed by atoms with Crippen molar-refractivity contribution in [1.29, 1.82) is 0 Å². The van der Waals surface area contributed by atoms with Crippen molar-refractivity contribution < 1.29 is 4.74 Å². The maximum absolute atomic E-state index is 5.54. The number of nitrogens with one attached hydrogen (secondary N) is 1. The Hall–Kier alpha value is -1.31. The van der Waals surface area contributed by atoms with Crippen molar-refractivity contribution >= 4 is 38.4 Å². The number of rotatable bonds is 7. The molecule has 1 aromatic heterocycles. The van der Waals surface area contributed by atoms with Gasteiger partial charge in [-0.05, 0) is 0 Å². The van der Waals surface area contributed by atoms with E-state index in [-0.39, 0.29) is 15.8 Å². The predicted octanol–water partition coefficient (Wildman–Crippen LogP) is 5.16. The van der Waals surface area contributed by atoms with E-state index in [2.05, 4.69) is 47.2 Å². The van der Waals surface area contributed by atoms with Crippen LogP contribution in [0.15, 0.2) is 58.5 Å². The van der Waals surface area contributed by atoms with Gasteiger partial charge in [-0.2, -0.15) is 0 Å². The maximum atomic E-state index is 5.54. The minimum atomic E-state index is 0.281. The molecule has 4 heteroatoms. The SMILES string of the molecule is COc1cccc2[nH]cc(Sc3ccccc3CCC[AsH]C)c12. The van der Waals surface area contributed by atoms with Gasteiger partial charge >= 0.3 is 149 Å². The van der Waals surface area contributed by atoms with Crippen LogP contribution in [0, 0.1) is 0 Å². The third-order valence-corrected chi connectivity index (χ3v) is 6.87. The van der Waals surface area contributed by atoms with E-state index < -0.39 is 0 Å². The van der Waals surface area contributed by atoms with E-state index in [0.717, 1.165) is 11.3 Å². The molecular formula is C19H22AsNOS. The van der Waals surface area contributed by atoms with Crippen LogP contribution in [0.2, 0.25) is 10.9 Å². The van der Waals surface area contributed by atoms with Gasteiger partial charge in [0.2, 0.25) is 0 Å². The van der Waals surface area contributed by atoms with Gasteiger partial charge in [-0.15, -0.1) is 0 Å². The molecule has 1 unspecified atom stereocenters. The first-order chi connectivity index (χ1) is 11.3. The second-order valence-corrected chi connectivity index (χ2v) is 9.07. The van der Waals surface area contributed by atoms with E-state index in [1.165, 1.54) is 38.8 Å². The number of ether oxygens (including phenoxy) is 1. The summed E-state index contributed by atoms with van der Waals surface area (Å²) in [5, 5.41) is 2.59. The van der Waals surface area contributed by atoms with Gasteiger partial charge in [-0.3, -0.25) is 0 Å². The van der Waals surface area contributed by atoms with Gasteiger partial charge in [-0.25, -0.2) is 0 Å². The summed E-state index contributed by atoms with van der Waals surface area (Å²) < 4.78 is 5.54. The van der Waals surface area contributed by atoms with Gasteiger partial charge in [0.15, 0.2) is 0 Å². The van der Waals surface area contributed by atoms with E-state index in [4.69, 9.17) is 4.74 Å². The third-order valence-electron chi connectivity index (χ3n) is 3.92. The van der Waals surface area contributed by atoms with Crippen LogP contribution in [-0.4, -0.2) is 27.8 Å². The molecule has 3 rings (SSSR count). The standard InChI is InChI=1S/C19H22AsNOS/c1-20-12-6-8-14-7-3-4-11-17(14)23-18-13-21-15-9-5-10-16(22-2)19(15)18/h3-5,7,9-11,13,20-21H,6,8,12H2,1-2H3. The number of aryl methyl sites for hydroxylation is 1. The average Bonchev–Trinajstić information content (AvgIpc) is 3.00. The zero-order chi connectivity index (χ0) is 16.1. The van der Waals surface area contributed by atoms with E-state index >= 15 is 0 Å². The Kier molecular flexibility index (Phi) is 5.74. The first-order valence-electron chi connectivity index (χ1n) is 7.88. The molecule has 23 heavy (non-hydrogen) atoms. The summed E-state index contributed by atoms with van der Waals surface area (Å²) in [6, 6.07) is 14.9. The Bertz CT molecular complexity index is 784. The molecule has 120 valence electrons. The molecule has 1 heterocycles. The molecule has 1 N–H and O–H groups in total. The molecule has 3 aromatic rings. The molecule has 0 aliphatic rings. The van der Waals surface area contributed by atoms with Crippen molar-refractivity contribution in [1.82, 2.24) is 4.98 Å². The number of fused-ring (bicyclic) bond motifs is 1. The number of methoxy groups -OCH3 is 1. The van der Waals surface area contributed by atoms with E-state index in [9.17, 15) is 0 Å². The van der Waals surface area contributed by atoms with Crippen LogP contribution in [-0.2, 0) is 6.42 Å². The van der Waals surface area contributed by atoms with Crippen LogP contribution in [0.4, 0.5) is 0 Å². The van der Waals surface area contributed by atoms with Crippen molar-refractivity contribution in [2.45, 2.75) is 33.6 Å². The summed E-state index contributed by atoms with van der Waals surface area (Å²) in [6.45, 7) is 0. The average molecular weight is 387 g/mol. The summed E-state index contributed by atoms with van der Waals surface area (Å²) >= 11 is 2.12. The summed E-state index contributed by atoms with van der Waals surface area (Å²) in [5.74, 6) is 0.931. The van der Waals surface area contributed by atoms with Crippen LogP contribution in [0.25, 0.3) is 10.9 Å². The Morgan fingerprint density at radius 3 is 2.78 bits per heavy atom. The van der Waals surface area contributed by atoms with Crippen LogP contribution < -0.4 is 4.74 Å². The summed E-state index contributed by atoms with van der Waals surface area (Å²) in [6.07, 6.45) is 4.58. The molecule has 0 aliphatic heterocycles. The first kappa shape index (κ1) is 16.5. The zero-order valence-electron chi connectivity index (χ0n) is 13.6. The van der Waals surface area contributed by atoms with Gasteiger partial charge < -0.3 is 0 Å². The van der Waals surface area contributed by atoms with Crippen LogP contribution in [0.3, 0.4) is 0 Å². The van der Waals surface area contributed by atoms with Crippen LogP contribution in [0.5, 0.6) is 5.75 Å². The van der Waals surface area contributed by atoms with Crippen LogP contribution >= 0.6 is 11.8 Å². The number of hydrogen-bond donors (Lipinski definition) is 1. The fourth-order valence-corrected chi connectivity index (χ4v) is 4.98. The Balaban J connectivity index is 1.91. The Labute approximate surface area is 148 Å².